The van der Waals surface area contributed by atoms with Gasteiger partial charge in [0.25, 0.3) is 0 Å². The lowest BCUT2D eigenvalue weighted by atomic mass is 9.83. The smallest absolute Gasteiger partial charge is 0.152 e. The maximum Gasteiger partial charge on any atom is 0.152 e. The number of terminal acetylenes is 1. The minimum absolute atomic E-state index is 0.104. The molecule has 0 amide bonds. The molecule has 0 spiro atoms. The van der Waals surface area contributed by atoms with Crippen LogP contribution in [0.25, 0.3) is 0 Å². The lowest BCUT2D eigenvalue weighted by Gasteiger charge is -2.19. The van der Waals surface area contributed by atoms with Crippen LogP contribution in [0.4, 0.5) is 0 Å². The van der Waals surface area contributed by atoms with Gasteiger partial charge in [0.2, 0.25) is 0 Å². The van der Waals surface area contributed by atoms with Gasteiger partial charge in [0.15, 0.2) is 9.84 Å². The molecule has 1 unspecified atom stereocenters. The molecule has 3 heteroatoms. The Hall–Kier alpha value is -0.490. The summed E-state index contributed by atoms with van der Waals surface area (Å²) in [4.78, 5) is 0. The zero-order valence-electron chi connectivity index (χ0n) is 6.79. The summed E-state index contributed by atoms with van der Waals surface area (Å²) in [5, 5.41) is 0. The van der Waals surface area contributed by atoms with Crippen LogP contribution in [0.1, 0.15) is 13.8 Å². The fourth-order valence-electron chi connectivity index (χ4n) is 1.48. The molecule has 0 aromatic heterocycles. The van der Waals surface area contributed by atoms with E-state index < -0.39 is 9.84 Å². The fourth-order valence-corrected chi connectivity index (χ4v) is 3.99. The van der Waals surface area contributed by atoms with Gasteiger partial charge in [-0.2, -0.15) is 0 Å². The third-order valence-corrected chi connectivity index (χ3v) is 4.18. The van der Waals surface area contributed by atoms with Crippen molar-refractivity contribution >= 4 is 9.84 Å². The SMILES string of the molecule is C#CC1CS(=O)(=O)CC1(C)C. The highest BCUT2D eigenvalue weighted by Crippen LogP contribution is 2.36. The van der Waals surface area contributed by atoms with Gasteiger partial charge in [-0.3, -0.25) is 0 Å². The van der Waals surface area contributed by atoms with Gasteiger partial charge >= 0.3 is 0 Å². The minimum Gasteiger partial charge on any atom is -0.229 e. The highest BCUT2D eigenvalue weighted by atomic mass is 32.2. The van der Waals surface area contributed by atoms with E-state index in [1.165, 1.54) is 0 Å². The van der Waals surface area contributed by atoms with Crippen molar-refractivity contribution in [3.05, 3.63) is 0 Å². The molecule has 0 aromatic rings. The first-order valence-electron chi connectivity index (χ1n) is 3.54. The second kappa shape index (κ2) is 2.25. The van der Waals surface area contributed by atoms with Crippen LogP contribution in [-0.4, -0.2) is 19.9 Å². The summed E-state index contributed by atoms with van der Waals surface area (Å²) < 4.78 is 22.2. The van der Waals surface area contributed by atoms with E-state index in [0.717, 1.165) is 0 Å². The Morgan fingerprint density at radius 3 is 2.27 bits per heavy atom. The molecule has 0 aromatic carbocycles. The van der Waals surface area contributed by atoms with Crippen LogP contribution in [0.3, 0.4) is 0 Å². The first-order valence-corrected chi connectivity index (χ1v) is 5.36. The van der Waals surface area contributed by atoms with Crippen LogP contribution >= 0.6 is 0 Å². The Labute approximate surface area is 67.9 Å². The van der Waals surface area contributed by atoms with Crippen LogP contribution in [0.2, 0.25) is 0 Å². The summed E-state index contributed by atoms with van der Waals surface area (Å²) in [6, 6.07) is 0. The monoisotopic (exact) mass is 172 g/mol. The molecule has 0 bridgehead atoms. The summed E-state index contributed by atoms with van der Waals surface area (Å²) >= 11 is 0. The van der Waals surface area contributed by atoms with Gasteiger partial charge in [0.1, 0.15) is 0 Å². The topological polar surface area (TPSA) is 34.1 Å². The van der Waals surface area contributed by atoms with Crippen LogP contribution < -0.4 is 0 Å². The zero-order chi connectivity index (χ0) is 8.70. The Kier molecular flexibility index (Phi) is 1.76. The highest BCUT2D eigenvalue weighted by molar-refractivity contribution is 7.91. The number of hydrogen-bond donors (Lipinski definition) is 0. The van der Waals surface area contributed by atoms with Crippen molar-refractivity contribution in [2.45, 2.75) is 13.8 Å². The molecular weight excluding hydrogens is 160 g/mol. The molecule has 0 saturated carbocycles. The number of rotatable bonds is 0. The highest BCUT2D eigenvalue weighted by Gasteiger charge is 2.42. The first kappa shape index (κ1) is 8.61. The van der Waals surface area contributed by atoms with Crippen molar-refractivity contribution in [2.75, 3.05) is 11.5 Å². The molecule has 1 heterocycles. The molecular formula is C8H12O2S. The first-order chi connectivity index (χ1) is 4.87. The number of sulfone groups is 1. The van der Waals surface area contributed by atoms with Crippen molar-refractivity contribution in [1.82, 2.24) is 0 Å². The van der Waals surface area contributed by atoms with E-state index in [-0.39, 0.29) is 22.8 Å². The van der Waals surface area contributed by atoms with Gasteiger partial charge in [-0.1, -0.05) is 13.8 Å². The van der Waals surface area contributed by atoms with Crippen molar-refractivity contribution in [2.24, 2.45) is 11.3 Å². The Balaban J connectivity index is 3.00. The van der Waals surface area contributed by atoms with Crippen molar-refractivity contribution in [1.29, 1.82) is 0 Å². The summed E-state index contributed by atoms with van der Waals surface area (Å²) in [6.45, 7) is 3.81. The maximum absolute atomic E-state index is 11.1. The molecule has 1 aliphatic heterocycles. The van der Waals surface area contributed by atoms with E-state index >= 15 is 0 Å². The second-order valence-corrected chi connectivity index (χ2v) is 5.87. The lowest BCUT2D eigenvalue weighted by Crippen LogP contribution is -2.20. The second-order valence-electron chi connectivity index (χ2n) is 3.76. The predicted octanol–water partition coefficient (Wildman–Crippen LogP) is 0.690. The van der Waals surface area contributed by atoms with Gasteiger partial charge < -0.3 is 0 Å². The molecule has 2 nitrogen and oxygen atoms in total. The van der Waals surface area contributed by atoms with Gasteiger partial charge in [-0.15, -0.1) is 12.3 Å². The molecule has 62 valence electrons. The van der Waals surface area contributed by atoms with Gasteiger partial charge in [-0.05, 0) is 5.41 Å². The Morgan fingerprint density at radius 1 is 1.55 bits per heavy atom. The normalized spacial score (nSPS) is 33.0. The van der Waals surface area contributed by atoms with Gasteiger partial charge in [-0.25, -0.2) is 8.42 Å². The minimum atomic E-state index is -2.86. The molecule has 0 radical (unpaired) electrons. The fraction of sp³-hybridized carbons (Fsp3) is 0.750. The summed E-state index contributed by atoms with van der Waals surface area (Å²) in [6.07, 6.45) is 5.22. The van der Waals surface area contributed by atoms with E-state index in [1.54, 1.807) is 0 Å². The zero-order valence-corrected chi connectivity index (χ0v) is 7.61. The third-order valence-electron chi connectivity index (χ3n) is 2.16. The predicted molar refractivity (Wildman–Crippen MR) is 44.8 cm³/mol. The van der Waals surface area contributed by atoms with Crippen LogP contribution in [0.15, 0.2) is 0 Å². The molecule has 1 aliphatic rings. The van der Waals surface area contributed by atoms with Crippen molar-refractivity contribution < 1.29 is 8.42 Å². The Morgan fingerprint density at radius 2 is 2.09 bits per heavy atom. The van der Waals surface area contributed by atoms with Gasteiger partial charge in [0.05, 0.1) is 11.5 Å². The number of hydrogen-bond acceptors (Lipinski definition) is 2. The third kappa shape index (κ3) is 1.57. The molecule has 1 fully saturated rings. The summed E-state index contributed by atoms with van der Waals surface area (Å²) in [7, 11) is -2.86. The molecule has 1 saturated heterocycles. The van der Waals surface area contributed by atoms with E-state index in [2.05, 4.69) is 5.92 Å². The standard InChI is InChI=1S/C8H12O2S/c1-4-7-5-11(9,10)6-8(7,2)3/h1,7H,5-6H2,2-3H3. The molecule has 1 rings (SSSR count). The van der Waals surface area contributed by atoms with E-state index in [0.29, 0.717) is 0 Å². The van der Waals surface area contributed by atoms with Crippen molar-refractivity contribution in [3.63, 3.8) is 0 Å². The van der Waals surface area contributed by atoms with Crippen LogP contribution in [0, 0.1) is 23.7 Å². The largest absolute Gasteiger partial charge is 0.229 e. The van der Waals surface area contributed by atoms with Crippen LogP contribution in [-0.2, 0) is 9.84 Å². The molecule has 1 atom stereocenters. The van der Waals surface area contributed by atoms with E-state index in [1.807, 2.05) is 13.8 Å². The average molecular weight is 172 g/mol. The van der Waals surface area contributed by atoms with Crippen molar-refractivity contribution in [3.8, 4) is 12.3 Å². The molecule has 0 N–H and O–H groups in total. The van der Waals surface area contributed by atoms with Gasteiger partial charge in [0, 0.05) is 5.92 Å². The van der Waals surface area contributed by atoms with E-state index in [4.69, 9.17) is 6.42 Å². The van der Waals surface area contributed by atoms with E-state index in [9.17, 15) is 8.42 Å². The summed E-state index contributed by atoms with van der Waals surface area (Å²) in [5.74, 6) is 2.82. The average Bonchev–Trinajstić information content (AvgIpc) is 1.99. The lowest BCUT2D eigenvalue weighted by molar-refractivity contribution is 0.355. The Bertz CT molecular complexity index is 293. The molecule has 0 aliphatic carbocycles. The van der Waals surface area contributed by atoms with Crippen LogP contribution in [0.5, 0.6) is 0 Å². The molecule has 11 heavy (non-hydrogen) atoms. The maximum atomic E-state index is 11.1. The quantitative estimate of drug-likeness (QED) is 0.504. The summed E-state index contributed by atoms with van der Waals surface area (Å²) in [5.41, 5.74) is -0.229.